The van der Waals surface area contributed by atoms with Crippen LogP contribution in [0.1, 0.15) is 18.4 Å². The SMILES string of the molecule is C[SiH2]O[SiH](C)O[Si](C)(CC(C)c1ccccc1)O[Si](C)(C)C. The summed E-state index contributed by atoms with van der Waals surface area (Å²) in [6, 6.07) is 11.7. The first-order chi connectivity index (χ1) is 10.2. The van der Waals surface area contributed by atoms with Crippen LogP contribution in [-0.4, -0.2) is 35.9 Å². The van der Waals surface area contributed by atoms with Crippen LogP contribution in [0.25, 0.3) is 0 Å². The van der Waals surface area contributed by atoms with Gasteiger partial charge in [-0.25, -0.2) is 0 Å². The van der Waals surface area contributed by atoms with Crippen LogP contribution in [0.5, 0.6) is 0 Å². The second-order valence-electron chi connectivity index (χ2n) is 7.00. The van der Waals surface area contributed by atoms with Gasteiger partial charge in [0, 0.05) is 0 Å². The number of hydrogen-bond acceptors (Lipinski definition) is 3. The van der Waals surface area contributed by atoms with E-state index in [-0.39, 0.29) is 0 Å². The summed E-state index contributed by atoms with van der Waals surface area (Å²) in [4.78, 5) is 0. The Hall–Kier alpha value is -0.0325. The van der Waals surface area contributed by atoms with Crippen molar-refractivity contribution in [1.29, 1.82) is 0 Å². The average Bonchev–Trinajstić information content (AvgIpc) is 2.36. The molecule has 0 saturated heterocycles. The van der Waals surface area contributed by atoms with E-state index >= 15 is 0 Å². The van der Waals surface area contributed by atoms with E-state index in [4.69, 9.17) is 12.3 Å². The molecule has 0 aliphatic rings. The van der Waals surface area contributed by atoms with Crippen molar-refractivity contribution in [3.8, 4) is 0 Å². The summed E-state index contributed by atoms with van der Waals surface area (Å²) in [5.74, 6) is 0.453. The maximum Gasteiger partial charge on any atom is 0.316 e. The highest BCUT2D eigenvalue weighted by molar-refractivity contribution is 6.84. The van der Waals surface area contributed by atoms with E-state index in [0.717, 1.165) is 6.04 Å². The van der Waals surface area contributed by atoms with Crippen molar-refractivity contribution < 1.29 is 12.3 Å². The zero-order valence-corrected chi connectivity index (χ0v) is 19.7. The van der Waals surface area contributed by atoms with E-state index in [1.54, 1.807) is 0 Å². The summed E-state index contributed by atoms with van der Waals surface area (Å²) in [6.45, 7) is 15.6. The lowest BCUT2D eigenvalue weighted by Crippen LogP contribution is -2.51. The molecular weight excluding hydrogens is 341 g/mol. The number of hydrogen-bond donors (Lipinski definition) is 0. The fraction of sp³-hybridized carbons (Fsp3) is 0.600. The lowest BCUT2D eigenvalue weighted by atomic mass is 10.0. The highest BCUT2D eigenvalue weighted by atomic mass is 28.5. The van der Waals surface area contributed by atoms with Gasteiger partial charge >= 0.3 is 8.56 Å². The van der Waals surface area contributed by atoms with Crippen LogP contribution >= 0.6 is 0 Å². The molecule has 3 atom stereocenters. The molecule has 7 heteroatoms. The minimum Gasteiger partial charge on any atom is -0.444 e. The number of rotatable bonds is 9. The topological polar surface area (TPSA) is 27.7 Å². The minimum absolute atomic E-state index is 0.407. The molecule has 126 valence electrons. The third-order valence-corrected chi connectivity index (χ3v) is 15.4. The maximum atomic E-state index is 6.56. The molecule has 3 unspecified atom stereocenters. The summed E-state index contributed by atoms with van der Waals surface area (Å²) >= 11 is 0. The molecule has 1 aromatic carbocycles. The Kier molecular flexibility index (Phi) is 7.93. The Balaban J connectivity index is 2.85. The quantitative estimate of drug-likeness (QED) is 0.618. The van der Waals surface area contributed by atoms with Crippen molar-refractivity contribution in [1.82, 2.24) is 0 Å². The first kappa shape index (κ1) is 20.0. The van der Waals surface area contributed by atoms with Crippen LogP contribution in [0.15, 0.2) is 30.3 Å². The Labute approximate surface area is 142 Å². The fourth-order valence-electron chi connectivity index (χ4n) is 2.84. The molecule has 0 aromatic heterocycles. The Morgan fingerprint density at radius 2 is 1.73 bits per heavy atom. The first-order valence-corrected chi connectivity index (χ1v) is 18.2. The van der Waals surface area contributed by atoms with Gasteiger partial charge in [0.25, 0.3) is 9.28 Å². The molecule has 0 fully saturated rings. The molecule has 3 nitrogen and oxygen atoms in total. The standard InChI is InChI=1S/C15H32O3Si4/c1-14(15-11-9-8-10-12-15)13-22(7,18-21(4,5)6)17-20(3)16-19-2/h8-12,14,20H,13,19H2,1-7H3. The normalized spacial score (nSPS) is 18.3. The molecule has 0 N–H and O–H groups in total. The molecule has 1 rings (SSSR count). The first-order valence-electron chi connectivity index (χ1n) is 8.20. The van der Waals surface area contributed by atoms with Gasteiger partial charge in [-0.2, -0.15) is 0 Å². The minimum atomic E-state index is -2.21. The van der Waals surface area contributed by atoms with E-state index in [1.165, 1.54) is 5.56 Å². The van der Waals surface area contributed by atoms with Crippen molar-refractivity contribution in [3.05, 3.63) is 35.9 Å². The second kappa shape index (κ2) is 8.72. The van der Waals surface area contributed by atoms with E-state index in [1.807, 2.05) is 0 Å². The molecule has 1 aromatic rings. The Bertz CT molecular complexity index is 438. The molecular formula is C15H32O3Si4. The van der Waals surface area contributed by atoms with E-state index in [9.17, 15) is 0 Å². The van der Waals surface area contributed by atoms with Gasteiger partial charge in [0.2, 0.25) is 0 Å². The van der Waals surface area contributed by atoms with E-state index in [2.05, 4.69) is 76.5 Å². The molecule has 0 bridgehead atoms. The highest BCUT2D eigenvalue weighted by Gasteiger charge is 2.39. The summed E-state index contributed by atoms with van der Waals surface area (Å²) < 4.78 is 18.9. The third kappa shape index (κ3) is 7.49. The van der Waals surface area contributed by atoms with Crippen molar-refractivity contribution in [2.24, 2.45) is 0 Å². The Morgan fingerprint density at radius 1 is 1.14 bits per heavy atom. The molecule has 0 spiro atoms. The zero-order chi connectivity index (χ0) is 16.8. The number of benzene rings is 1. The van der Waals surface area contributed by atoms with Crippen LogP contribution in [0, 0.1) is 0 Å². The van der Waals surface area contributed by atoms with Crippen molar-refractivity contribution in [2.75, 3.05) is 0 Å². The summed E-state index contributed by atoms with van der Waals surface area (Å²) in [7, 11) is -5.80. The molecule has 22 heavy (non-hydrogen) atoms. The largest absolute Gasteiger partial charge is 0.444 e. The zero-order valence-electron chi connectivity index (χ0n) is 15.2. The smallest absolute Gasteiger partial charge is 0.316 e. The lowest BCUT2D eigenvalue weighted by Gasteiger charge is -2.37. The summed E-state index contributed by atoms with van der Waals surface area (Å²) in [5, 5.41) is 0. The summed E-state index contributed by atoms with van der Waals surface area (Å²) in [6.07, 6.45) is 0. The van der Waals surface area contributed by atoms with Gasteiger partial charge in [0.05, 0.1) is 0 Å². The molecule has 0 aliphatic heterocycles. The van der Waals surface area contributed by atoms with E-state index in [0.29, 0.717) is 5.92 Å². The van der Waals surface area contributed by atoms with Crippen LogP contribution in [0.4, 0.5) is 0 Å². The van der Waals surface area contributed by atoms with Gasteiger partial charge in [0.1, 0.15) is 9.76 Å². The van der Waals surface area contributed by atoms with Gasteiger partial charge in [-0.05, 0) is 50.3 Å². The van der Waals surface area contributed by atoms with Crippen LogP contribution in [0.2, 0.25) is 45.3 Å². The van der Waals surface area contributed by atoms with Crippen molar-refractivity contribution in [3.63, 3.8) is 0 Å². The summed E-state index contributed by atoms with van der Waals surface area (Å²) in [5.41, 5.74) is 1.36. The predicted octanol–water partition coefficient (Wildman–Crippen LogP) is 3.73. The van der Waals surface area contributed by atoms with Gasteiger partial charge in [-0.1, -0.05) is 43.8 Å². The predicted molar refractivity (Wildman–Crippen MR) is 105 cm³/mol. The third-order valence-electron chi connectivity index (χ3n) is 3.38. The Morgan fingerprint density at radius 3 is 2.23 bits per heavy atom. The van der Waals surface area contributed by atoms with Gasteiger partial charge in [-0.15, -0.1) is 0 Å². The fourth-order valence-corrected chi connectivity index (χ4v) is 16.3. The molecule has 0 amide bonds. The van der Waals surface area contributed by atoms with Gasteiger partial charge < -0.3 is 12.3 Å². The maximum absolute atomic E-state index is 6.56. The average molecular weight is 373 g/mol. The van der Waals surface area contributed by atoms with Crippen molar-refractivity contribution in [2.45, 2.75) is 58.2 Å². The van der Waals surface area contributed by atoms with Crippen LogP contribution in [-0.2, 0) is 12.3 Å². The monoisotopic (exact) mass is 372 g/mol. The lowest BCUT2D eigenvalue weighted by molar-refractivity contribution is 0.346. The van der Waals surface area contributed by atoms with Gasteiger partial charge in [0.15, 0.2) is 8.32 Å². The second-order valence-corrected chi connectivity index (χ2v) is 18.7. The molecule has 0 radical (unpaired) electrons. The molecule has 0 aliphatic carbocycles. The van der Waals surface area contributed by atoms with Crippen LogP contribution in [0.3, 0.4) is 0 Å². The van der Waals surface area contributed by atoms with Crippen molar-refractivity contribution >= 4 is 35.9 Å². The van der Waals surface area contributed by atoms with E-state index < -0.39 is 35.9 Å². The van der Waals surface area contributed by atoms with Crippen LogP contribution < -0.4 is 0 Å². The molecule has 0 saturated carbocycles. The van der Waals surface area contributed by atoms with Gasteiger partial charge in [-0.3, -0.25) is 0 Å². The molecule has 0 heterocycles. The highest BCUT2D eigenvalue weighted by Crippen LogP contribution is 2.30.